The molecule has 78 valence electrons. The molecule has 3 unspecified atom stereocenters. The third-order valence-electron chi connectivity index (χ3n) is 4.01. The quantitative estimate of drug-likeness (QED) is 0.556. The molecule has 3 nitrogen and oxygen atoms in total. The van der Waals surface area contributed by atoms with Gasteiger partial charge in [-0.05, 0) is 32.6 Å². The highest BCUT2D eigenvalue weighted by atomic mass is 16.8. The number of carbonyl (C=O) groups is 1. The second-order valence-electron chi connectivity index (χ2n) is 5.02. The van der Waals surface area contributed by atoms with Crippen LogP contribution in [0, 0.1) is 5.92 Å². The molecule has 1 aliphatic carbocycles. The maximum absolute atomic E-state index is 11.7. The van der Waals surface area contributed by atoms with E-state index in [1.54, 1.807) is 0 Å². The van der Waals surface area contributed by atoms with Crippen molar-refractivity contribution < 1.29 is 14.3 Å². The van der Waals surface area contributed by atoms with E-state index in [0.29, 0.717) is 5.92 Å². The normalized spacial score (nSPS) is 51.2. The van der Waals surface area contributed by atoms with Gasteiger partial charge in [-0.25, -0.2) is 4.79 Å². The first kappa shape index (κ1) is 8.72. The zero-order chi connectivity index (χ0) is 9.81. The van der Waals surface area contributed by atoms with Gasteiger partial charge < -0.3 is 9.47 Å². The maximum atomic E-state index is 11.7. The third kappa shape index (κ3) is 0.937. The number of hydrogen-bond donors (Lipinski definition) is 0. The lowest BCUT2D eigenvalue weighted by molar-refractivity contribution is -0.254. The Hall–Kier alpha value is -0.570. The second kappa shape index (κ2) is 2.51. The molecule has 3 atom stereocenters. The van der Waals surface area contributed by atoms with Crippen molar-refractivity contribution in [3.8, 4) is 0 Å². The summed E-state index contributed by atoms with van der Waals surface area (Å²) in [6, 6.07) is 0. The Bertz CT molecular complexity index is 288. The first-order valence-corrected chi connectivity index (χ1v) is 5.58. The SMILES string of the molecule is CC12CCC3CCCCC3(OC1=O)O2. The maximum Gasteiger partial charge on any atom is 0.340 e. The Morgan fingerprint density at radius 2 is 2.14 bits per heavy atom. The second-order valence-corrected chi connectivity index (χ2v) is 5.02. The van der Waals surface area contributed by atoms with Crippen molar-refractivity contribution in [2.45, 2.75) is 56.8 Å². The molecule has 2 aliphatic heterocycles. The van der Waals surface area contributed by atoms with Gasteiger partial charge in [-0.1, -0.05) is 6.42 Å². The summed E-state index contributed by atoms with van der Waals surface area (Å²) in [5.41, 5.74) is -0.631. The molecule has 3 rings (SSSR count). The van der Waals surface area contributed by atoms with Crippen LogP contribution in [0.3, 0.4) is 0 Å². The predicted molar refractivity (Wildman–Crippen MR) is 49.5 cm³/mol. The summed E-state index contributed by atoms with van der Waals surface area (Å²) in [6.07, 6.45) is 6.35. The van der Waals surface area contributed by atoms with Crippen LogP contribution in [-0.2, 0) is 14.3 Å². The van der Waals surface area contributed by atoms with Crippen LogP contribution < -0.4 is 0 Å². The van der Waals surface area contributed by atoms with Gasteiger partial charge in [-0.2, -0.15) is 0 Å². The zero-order valence-corrected chi connectivity index (χ0v) is 8.54. The molecule has 1 saturated carbocycles. The molecule has 0 N–H and O–H groups in total. The van der Waals surface area contributed by atoms with Crippen molar-refractivity contribution in [2.24, 2.45) is 5.92 Å². The molecule has 0 amide bonds. The number of fused-ring (bicyclic) bond motifs is 1. The lowest BCUT2D eigenvalue weighted by Gasteiger charge is -2.43. The lowest BCUT2D eigenvalue weighted by Crippen LogP contribution is -2.48. The highest BCUT2D eigenvalue weighted by Gasteiger charge is 2.62. The van der Waals surface area contributed by atoms with Crippen molar-refractivity contribution >= 4 is 5.97 Å². The molecule has 2 bridgehead atoms. The Morgan fingerprint density at radius 3 is 3.00 bits per heavy atom. The molecule has 0 aromatic rings. The Kier molecular flexibility index (Phi) is 1.56. The van der Waals surface area contributed by atoms with Gasteiger partial charge in [-0.15, -0.1) is 0 Å². The molecule has 2 heterocycles. The fraction of sp³-hybridized carbons (Fsp3) is 0.909. The molecule has 3 heteroatoms. The van der Waals surface area contributed by atoms with Crippen LogP contribution in [0.2, 0.25) is 0 Å². The predicted octanol–water partition coefficient (Wildman–Crippen LogP) is 2.00. The summed E-state index contributed by atoms with van der Waals surface area (Å²) in [7, 11) is 0. The number of hydrogen-bond acceptors (Lipinski definition) is 3. The van der Waals surface area contributed by atoms with Gasteiger partial charge in [-0.3, -0.25) is 0 Å². The largest absolute Gasteiger partial charge is 0.431 e. The van der Waals surface area contributed by atoms with Gasteiger partial charge in [0.15, 0.2) is 5.60 Å². The van der Waals surface area contributed by atoms with Crippen LogP contribution in [0.15, 0.2) is 0 Å². The Balaban J connectivity index is 1.97. The molecular formula is C11H16O3. The average molecular weight is 196 g/mol. The van der Waals surface area contributed by atoms with Crippen LogP contribution in [0.4, 0.5) is 0 Å². The Morgan fingerprint density at radius 1 is 1.29 bits per heavy atom. The summed E-state index contributed by atoms with van der Waals surface area (Å²) in [5, 5.41) is 0. The van der Waals surface area contributed by atoms with Gasteiger partial charge in [0.2, 0.25) is 5.79 Å². The topological polar surface area (TPSA) is 35.5 Å². The van der Waals surface area contributed by atoms with E-state index in [0.717, 1.165) is 32.1 Å². The summed E-state index contributed by atoms with van der Waals surface area (Å²) < 4.78 is 11.4. The minimum atomic E-state index is -0.631. The first-order valence-electron chi connectivity index (χ1n) is 5.58. The Labute approximate surface area is 83.8 Å². The minimum Gasteiger partial charge on any atom is -0.431 e. The van der Waals surface area contributed by atoms with Crippen LogP contribution in [0.5, 0.6) is 0 Å². The fourth-order valence-corrected chi connectivity index (χ4v) is 3.13. The number of rotatable bonds is 0. The summed E-state index contributed by atoms with van der Waals surface area (Å²) >= 11 is 0. The summed E-state index contributed by atoms with van der Waals surface area (Å²) in [4.78, 5) is 11.7. The van der Waals surface area contributed by atoms with Crippen molar-refractivity contribution in [2.75, 3.05) is 0 Å². The van der Waals surface area contributed by atoms with E-state index in [2.05, 4.69) is 0 Å². The smallest absolute Gasteiger partial charge is 0.340 e. The van der Waals surface area contributed by atoms with Crippen molar-refractivity contribution in [3.05, 3.63) is 0 Å². The molecule has 14 heavy (non-hydrogen) atoms. The molecule has 0 radical (unpaired) electrons. The zero-order valence-electron chi connectivity index (χ0n) is 8.54. The van der Waals surface area contributed by atoms with E-state index in [1.165, 1.54) is 6.42 Å². The van der Waals surface area contributed by atoms with Gasteiger partial charge in [0, 0.05) is 12.3 Å². The van der Waals surface area contributed by atoms with E-state index in [-0.39, 0.29) is 5.97 Å². The van der Waals surface area contributed by atoms with Gasteiger partial charge in [0.1, 0.15) is 0 Å². The van der Waals surface area contributed by atoms with Gasteiger partial charge in [0.25, 0.3) is 0 Å². The summed E-state index contributed by atoms with van der Waals surface area (Å²) in [6.45, 7) is 1.87. The third-order valence-corrected chi connectivity index (χ3v) is 4.01. The molecule has 3 aliphatic rings. The fourth-order valence-electron chi connectivity index (χ4n) is 3.13. The van der Waals surface area contributed by atoms with E-state index in [1.807, 2.05) is 6.92 Å². The molecule has 0 aromatic carbocycles. The van der Waals surface area contributed by atoms with Crippen molar-refractivity contribution in [1.82, 2.24) is 0 Å². The van der Waals surface area contributed by atoms with Crippen LogP contribution in [0.1, 0.15) is 45.4 Å². The van der Waals surface area contributed by atoms with Crippen LogP contribution >= 0.6 is 0 Å². The number of ether oxygens (including phenoxy) is 2. The highest BCUT2D eigenvalue weighted by molar-refractivity contribution is 5.81. The minimum absolute atomic E-state index is 0.137. The molecule has 1 spiro atoms. The molecule has 2 saturated heterocycles. The average Bonchev–Trinajstić information content (AvgIpc) is 2.34. The van der Waals surface area contributed by atoms with Crippen molar-refractivity contribution in [1.29, 1.82) is 0 Å². The first-order chi connectivity index (χ1) is 6.65. The van der Waals surface area contributed by atoms with E-state index in [4.69, 9.17) is 9.47 Å². The van der Waals surface area contributed by atoms with Crippen molar-refractivity contribution in [3.63, 3.8) is 0 Å². The molecule has 0 aromatic heterocycles. The molecular weight excluding hydrogens is 180 g/mol. The molecule has 3 fully saturated rings. The summed E-state index contributed by atoms with van der Waals surface area (Å²) in [5.74, 6) is -0.208. The van der Waals surface area contributed by atoms with Gasteiger partial charge >= 0.3 is 5.97 Å². The van der Waals surface area contributed by atoms with E-state index in [9.17, 15) is 4.79 Å². The van der Waals surface area contributed by atoms with Crippen LogP contribution in [-0.4, -0.2) is 17.4 Å². The standard InChI is InChI=1S/C11H16O3/c1-10-7-5-8-4-2-3-6-11(8,14-10)13-9(10)12/h8H,2-7H2,1H3. The van der Waals surface area contributed by atoms with E-state index >= 15 is 0 Å². The van der Waals surface area contributed by atoms with Crippen LogP contribution in [0.25, 0.3) is 0 Å². The van der Waals surface area contributed by atoms with E-state index < -0.39 is 11.4 Å². The lowest BCUT2D eigenvalue weighted by atomic mass is 9.77. The van der Waals surface area contributed by atoms with Gasteiger partial charge in [0.05, 0.1) is 0 Å². The number of esters is 1. The monoisotopic (exact) mass is 196 g/mol. The highest BCUT2D eigenvalue weighted by Crippen LogP contribution is 2.53. The number of carbonyl (C=O) groups excluding carboxylic acids is 1.